The SMILES string of the molecule is CC1(C)[C@H]2CC[C@@]1(CS(=O)(=O)Nc1ccccc1Sc1ccc(Cl)cc1)C(=O)C2. The van der Waals surface area contributed by atoms with E-state index < -0.39 is 15.4 Å². The van der Waals surface area contributed by atoms with Gasteiger partial charge in [-0.3, -0.25) is 9.52 Å². The van der Waals surface area contributed by atoms with Crippen molar-refractivity contribution in [2.45, 2.75) is 42.9 Å². The second-order valence-electron chi connectivity index (χ2n) is 8.58. The van der Waals surface area contributed by atoms with Gasteiger partial charge in [0.05, 0.1) is 16.9 Å². The molecule has 2 bridgehead atoms. The van der Waals surface area contributed by atoms with E-state index >= 15 is 0 Å². The van der Waals surface area contributed by atoms with Crippen LogP contribution in [0, 0.1) is 16.7 Å². The summed E-state index contributed by atoms with van der Waals surface area (Å²) in [6, 6.07) is 14.7. The zero-order chi connectivity index (χ0) is 20.9. The minimum absolute atomic E-state index is 0.105. The van der Waals surface area contributed by atoms with E-state index in [1.807, 2.05) is 24.3 Å². The van der Waals surface area contributed by atoms with Gasteiger partial charge in [-0.25, -0.2) is 8.42 Å². The van der Waals surface area contributed by atoms with Gasteiger partial charge in [-0.15, -0.1) is 0 Å². The molecule has 2 aliphatic rings. The lowest BCUT2D eigenvalue weighted by atomic mass is 9.70. The van der Waals surface area contributed by atoms with Crippen molar-refractivity contribution < 1.29 is 13.2 Å². The number of rotatable bonds is 6. The summed E-state index contributed by atoms with van der Waals surface area (Å²) in [4.78, 5) is 14.5. The first-order valence-electron chi connectivity index (χ1n) is 9.69. The monoisotopic (exact) mass is 449 g/mol. The molecule has 2 aromatic carbocycles. The number of anilines is 1. The minimum Gasteiger partial charge on any atom is -0.299 e. The number of sulfonamides is 1. The van der Waals surface area contributed by atoms with Crippen LogP contribution in [-0.2, 0) is 14.8 Å². The Morgan fingerprint density at radius 1 is 1.14 bits per heavy atom. The number of ketones is 1. The van der Waals surface area contributed by atoms with Crippen LogP contribution in [0.15, 0.2) is 58.3 Å². The third-order valence-corrected chi connectivity index (χ3v) is 9.51. The maximum atomic E-state index is 13.1. The summed E-state index contributed by atoms with van der Waals surface area (Å²) in [6.07, 6.45) is 2.09. The van der Waals surface area contributed by atoms with Gasteiger partial charge in [0, 0.05) is 21.2 Å². The topological polar surface area (TPSA) is 63.2 Å². The molecule has 0 saturated heterocycles. The molecular weight excluding hydrogens is 426 g/mol. The van der Waals surface area contributed by atoms with Gasteiger partial charge in [0.1, 0.15) is 5.78 Å². The van der Waals surface area contributed by atoms with E-state index in [1.165, 1.54) is 11.8 Å². The number of benzene rings is 2. The Morgan fingerprint density at radius 2 is 1.83 bits per heavy atom. The fourth-order valence-corrected chi connectivity index (χ4v) is 7.91. The molecule has 154 valence electrons. The molecule has 0 radical (unpaired) electrons. The van der Waals surface area contributed by atoms with Crippen molar-refractivity contribution in [3.63, 3.8) is 0 Å². The maximum absolute atomic E-state index is 13.1. The van der Waals surface area contributed by atoms with Crippen LogP contribution in [0.5, 0.6) is 0 Å². The normalized spacial score (nSPS) is 25.3. The molecule has 0 spiro atoms. The summed E-state index contributed by atoms with van der Waals surface area (Å²) in [5.74, 6) is 0.244. The van der Waals surface area contributed by atoms with Gasteiger partial charge in [-0.05, 0) is 60.6 Å². The highest BCUT2D eigenvalue weighted by molar-refractivity contribution is 7.99. The molecule has 2 fully saturated rings. The van der Waals surface area contributed by atoms with Crippen LogP contribution in [0.4, 0.5) is 5.69 Å². The summed E-state index contributed by atoms with van der Waals surface area (Å²) in [7, 11) is -3.69. The Hall–Kier alpha value is -1.50. The first-order valence-corrected chi connectivity index (χ1v) is 12.5. The van der Waals surface area contributed by atoms with Gasteiger partial charge in [0.2, 0.25) is 10.0 Å². The first-order chi connectivity index (χ1) is 13.6. The zero-order valence-corrected chi connectivity index (χ0v) is 18.8. The van der Waals surface area contributed by atoms with Crippen molar-refractivity contribution in [3.8, 4) is 0 Å². The molecule has 2 saturated carbocycles. The number of nitrogens with one attached hydrogen (secondary N) is 1. The molecule has 0 amide bonds. The van der Waals surface area contributed by atoms with Gasteiger partial charge < -0.3 is 0 Å². The lowest BCUT2D eigenvalue weighted by molar-refractivity contribution is -0.128. The number of hydrogen-bond acceptors (Lipinski definition) is 4. The lowest BCUT2D eigenvalue weighted by Crippen LogP contribution is -2.43. The summed E-state index contributed by atoms with van der Waals surface area (Å²) in [5.41, 5.74) is -0.528. The number of carbonyl (C=O) groups excluding carboxylic acids is 1. The number of carbonyl (C=O) groups is 1. The molecular formula is C22H24ClNO3S2. The molecule has 29 heavy (non-hydrogen) atoms. The van der Waals surface area contributed by atoms with E-state index in [4.69, 9.17) is 11.6 Å². The highest BCUT2D eigenvalue weighted by Crippen LogP contribution is 2.64. The van der Waals surface area contributed by atoms with Gasteiger partial charge in [0.15, 0.2) is 0 Å². The predicted octanol–water partition coefficient (Wildman–Crippen LogP) is 5.63. The van der Waals surface area contributed by atoms with E-state index in [-0.39, 0.29) is 22.9 Å². The molecule has 2 aromatic rings. The molecule has 0 unspecified atom stereocenters. The highest BCUT2D eigenvalue weighted by Gasteiger charge is 2.65. The van der Waals surface area contributed by atoms with Crippen LogP contribution in [0.1, 0.15) is 33.1 Å². The summed E-state index contributed by atoms with van der Waals surface area (Å²) in [6.45, 7) is 4.10. The Bertz CT molecular complexity index is 1050. The van der Waals surface area contributed by atoms with Crippen molar-refractivity contribution in [2.24, 2.45) is 16.7 Å². The van der Waals surface area contributed by atoms with Crippen LogP contribution < -0.4 is 4.72 Å². The summed E-state index contributed by atoms with van der Waals surface area (Å²) in [5, 5.41) is 0.654. The van der Waals surface area contributed by atoms with Crippen molar-refractivity contribution in [1.29, 1.82) is 0 Å². The van der Waals surface area contributed by atoms with E-state index in [2.05, 4.69) is 18.6 Å². The molecule has 1 N–H and O–H groups in total. The quantitative estimate of drug-likeness (QED) is 0.620. The average Bonchev–Trinajstić information content (AvgIpc) is 2.99. The van der Waals surface area contributed by atoms with Gasteiger partial charge in [0.25, 0.3) is 0 Å². The Morgan fingerprint density at radius 3 is 2.45 bits per heavy atom. The molecule has 2 aliphatic carbocycles. The number of fused-ring (bicyclic) bond motifs is 2. The van der Waals surface area contributed by atoms with Crippen molar-refractivity contribution in [3.05, 3.63) is 53.6 Å². The predicted molar refractivity (Wildman–Crippen MR) is 118 cm³/mol. The average molecular weight is 450 g/mol. The first kappa shape index (κ1) is 20.8. The van der Waals surface area contributed by atoms with E-state index in [9.17, 15) is 13.2 Å². The molecule has 4 rings (SSSR count). The third-order valence-electron chi connectivity index (χ3n) is 6.77. The molecule has 0 aliphatic heterocycles. The second kappa shape index (κ2) is 7.33. The fraction of sp³-hybridized carbons (Fsp3) is 0.409. The molecule has 0 aromatic heterocycles. The summed E-state index contributed by atoms with van der Waals surface area (Å²) < 4.78 is 29.0. The molecule has 2 atom stereocenters. The van der Waals surface area contributed by atoms with Crippen molar-refractivity contribution in [1.82, 2.24) is 0 Å². The molecule has 7 heteroatoms. The van der Waals surface area contributed by atoms with Crippen molar-refractivity contribution in [2.75, 3.05) is 10.5 Å². The van der Waals surface area contributed by atoms with Crippen LogP contribution in [0.3, 0.4) is 0 Å². The fourth-order valence-electron chi connectivity index (χ4n) is 4.91. The summed E-state index contributed by atoms with van der Waals surface area (Å²) >= 11 is 7.42. The highest BCUT2D eigenvalue weighted by atomic mass is 35.5. The minimum atomic E-state index is -3.69. The Labute approximate surface area is 181 Å². The number of hydrogen-bond donors (Lipinski definition) is 1. The second-order valence-corrected chi connectivity index (χ2v) is 11.9. The van der Waals surface area contributed by atoms with Gasteiger partial charge in [-0.2, -0.15) is 0 Å². The van der Waals surface area contributed by atoms with E-state index in [0.29, 0.717) is 23.6 Å². The number of halogens is 1. The third kappa shape index (κ3) is 3.71. The largest absolute Gasteiger partial charge is 0.299 e. The number of Topliss-reactive ketones (excluding diaryl/α,β-unsaturated/α-hetero) is 1. The standard InChI is InChI=1S/C22H24ClNO3S2/c1-21(2)15-11-12-22(21,20(25)13-15)14-29(26,27)24-18-5-3-4-6-19(18)28-17-9-7-16(23)8-10-17/h3-10,15,24H,11-14H2,1-2H3/t15-,22+/m0/s1. The number of para-hydroxylation sites is 1. The molecule has 4 nitrogen and oxygen atoms in total. The zero-order valence-electron chi connectivity index (χ0n) is 16.4. The van der Waals surface area contributed by atoms with Crippen LogP contribution in [0.25, 0.3) is 0 Å². The van der Waals surface area contributed by atoms with Gasteiger partial charge in [-0.1, -0.05) is 49.3 Å². The van der Waals surface area contributed by atoms with E-state index in [1.54, 1.807) is 24.3 Å². The van der Waals surface area contributed by atoms with Crippen LogP contribution >= 0.6 is 23.4 Å². The smallest absolute Gasteiger partial charge is 0.233 e. The van der Waals surface area contributed by atoms with Crippen LogP contribution in [0.2, 0.25) is 5.02 Å². The van der Waals surface area contributed by atoms with Crippen LogP contribution in [-0.4, -0.2) is 20.0 Å². The van der Waals surface area contributed by atoms with E-state index in [0.717, 1.165) is 16.2 Å². The Balaban J connectivity index is 1.58. The molecule has 0 heterocycles. The Kier molecular flexibility index (Phi) is 5.24. The maximum Gasteiger partial charge on any atom is 0.233 e. The lowest BCUT2D eigenvalue weighted by Gasteiger charge is -2.36. The van der Waals surface area contributed by atoms with Crippen molar-refractivity contribution >= 4 is 44.9 Å². The van der Waals surface area contributed by atoms with Gasteiger partial charge >= 0.3 is 0 Å².